The number of hydrogen-bond donors (Lipinski definition) is 2. The number of benzene rings is 1. The van der Waals surface area contributed by atoms with Crippen LogP contribution >= 0.6 is 11.6 Å². The molecule has 1 aliphatic carbocycles. The van der Waals surface area contributed by atoms with E-state index < -0.39 is 5.97 Å². The van der Waals surface area contributed by atoms with Gasteiger partial charge in [0.15, 0.2) is 0 Å². The minimum atomic E-state index is -0.797. The molecule has 5 heteroatoms. The molecule has 0 atom stereocenters. The molecule has 1 aliphatic rings. The largest absolute Gasteiger partial charge is 0.481 e. The zero-order valence-corrected chi connectivity index (χ0v) is 11.2. The lowest BCUT2D eigenvalue weighted by Gasteiger charge is -2.30. The second kappa shape index (κ2) is 5.50. The third-order valence-electron chi connectivity index (χ3n) is 3.55. The highest BCUT2D eigenvalue weighted by Crippen LogP contribution is 2.36. The van der Waals surface area contributed by atoms with Crippen molar-refractivity contribution >= 4 is 23.3 Å². The van der Waals surface area contributed by atoms with Crippen LogP contribution in [0.25, 0.3) is 0 Å². The van der Waals surface area contributed by atoms with Gasteiger partial charge in [0, 0.05) is 11.2 Å². The van der Waals surface area contributed by atoms with Crippen LogP contribution in [-0.4, -0.2) is 16.6 Å². The fourth-order valence-electron chi connectivity index (χ4n) is 2.68. The van der Waals surface area contributed by atoms with Crippen LogP contribution in [0, 0.1) is 11.3 Å². The first-order valence-electron chi connectivity index (χ1n) is 6.24. The summed E-state index contributed by atoms with van der Waals surface area (Å²) in [6.45, 7) is 0. The third kappa shape index (κ3) is 3.18. The molecule has 0 bridgehead atoms. The van der Waals surface area contributed by atoms with Crippen LogP contribution in [0.1, 0.15) is 37.7 Å². The SMILES string of the molecule is N#Cc1ccc(NC2(CC(=O)O)CCCC2)cc1Cl. The first-order chi connectivity index (χ1) is 9.04. The molecular weight excluding hydrogens is 264 g/mol. The molecule has 2 N–H and O–H groups in total. The first kappa shape index (κ1) is 13.7. The molecule has 0 aliphatic heterocycles. The molecule has 2 rings (SSSR count). The number of nitriles is 1. The Kier molecular flexibility index (Phi) is 3.96. The van der Waals surface area contributed by atoms with E-state index in [0.717, 1.165) is 31.4 Å². The molecule has 0 saturated heterocycles. The number of carboxylic acids is 1. The van der Waals surface area contributed by atoms with Gasteiger partial charge in [0.1, 0.15) is 6.07 Å². The van der Waals surface area contributed by atoms with E-state index in [1.165, 1.54) is 0 Å². The van der Waals surface area contributed by atoms with Gasteiger partial charge >= 0.3 is 5.97 Å². The van der Waals surface area contributed by atoms with Crippen molar-refractivity contribution < 1.29 is 9.90 Å². The fourth-order valence-corrected chi connectivity index (χ4v) is 2.90. The summed E-state index contributed by atoms with van der Waals surface area (Å²) in [6.07, 6.45) is 3.85. The monoisotopic (exact) mass is 278 g/mol. The molecule has 1 aromatic carbocycles. The Morgan fingerprint density at radius 1 is 1.47 bits per heavy atom. The van der Waals surface area contributed by atoms with Crippen molar-refractivity contribution in [3.63, 3.8) is 0 Å². The second-order valence-electron chi connectivity index (χ2n) is 4.99. The molecule has 0 spiro atoms. The van der Waals surface area contributed by atoms with Gasteiger partial charge in [-0.15, -0.1) is 0 Å². The van der Waals surface area contributed by atoms with Crippen LogP contribution in [0.4, 0.5) is 5.69 Å². The summed E-state index contributed by atoms with van der Waals surface area (Å²) < 4.78 is 0. The summed E-state index contributed by atoms with van der Waals surface area (Å²) in [4.78, 5) is 11.0. The minimum Gasteiger partial charge on any atom is -0.481 e. The normalized spacial score (nSPS) is 16.8. The van der Waals surface area contributed by atoms with E-state index in [0.29, 0.717) is 10.6 Å². The van der Waals surface area contributed by atoms with Crippen molar-refractivity contribution in [2.75, 3.05) is 5.32 Å². The predicted molar refractivity (Wildman–Crippen MR) is 73.2 cm³/mol. The molecular formula is C14H15ClN2O2. The third-order valence-corrected chi connectivity index (χ3v) is 3.86. The van der Waals surface area contributed by atoms with Gasteiger partial charge in [0.05, 0.1) is 17.0 Å². The maximum absolute atomic E-state index is 11.0. The van der Waals surface area contributed by atoms with Crippen LogP contribution in [0.5, 0.6) is 0 Å². The van der Waals surface area contributed by atoms with Gasteiger partial charge < -0.3 is 10.4 Å². The Hall–Kier alpha value is -1.73. The molecule has 0 radical (unpaired) electrons. The second-order valence-corrected chi connectivity index (χ2v) is 5.40. The quantitative estimate of drug-likeness (QED) is 0.885. The average molecular weight is 279 g/mol. The van der Waals surface area contributed by atoms with Crippen LogP contribution in [0.15, 0.2) is 18.2 Å². The molecule has 0 heterocycles. The Balaban J connectivity index is 2.20. The zero-order chi connectivity index (χ0) is 13.9. The Labute approximate surface area is 117 Å². The fraction of sp³-hybridized carbons (Fsp3) is 0.429. The molecule has 0 amide bonds. The number of halogens is 1. The number of anilines is 1. The van der Waals surface area contributed by atoms with Gasteiger partial charge in [-0.1, -0.05) is 24.4 Å². The van der Waals surface area contributed by atoms with E-state index in [4.69, 9.17) is 22.0 Å². The van der Waals surface area contributed by atoms with E-state index in [1.807, 2.05) is 6.07 Å². The average Bonchev–Trinajstić information content (AvgIpc) is 2.76. The van der Waals surface area contributed by atoms with Gasteiger partial charge in [0.25, 0.3) is 0 Å². The summed E-state index contributed by atoms with van der Waals surface area (Å²) in [5, 5.41) is 21.6. The number of rotatable bonds is 4. The summed E-state index contributed by atoms with van der Waals surface area (Å²) in [6, 6.07) is 7.10. The number of nitrogens with zero attached hydrogens (tertiary/aromatic N) is 1. The van der Waals surface area contributed by atoms with E-state index >= 15 is 0 Å². The standard InChI is InChI=1S/C14H15ClN2O2/c15-12-7-11(4-3-10(12)9-16)17-14(8-13(18)19)5-1-2-6-14/h3-4,7,17H,1-2,5-6,8H2,(H,18,19). The number of carboxylic acid groups (broad SMARTS) is 1. The van der Waals surface area contributed by atoms with Gasteiger partial charge in [-0.3, -0.25) is 4.79 Å². The lowest BCUT2D eigenvalue weighted by molar-refractivity contribution is -0.138. The molecule has 0 aromatic heterocycles. The van der Waals surface area contributed by atoms with Crippen molar-refractivity contribution in [1.82, 2.24) is 0 Å². The van der Waals surface area contributed by atoms with Crippen molar-refractivity contribution in [2.45, 2.75) is 37.6 Å². The summed E-state index contributed by atoms with van der Waals surface area (Å²) in [5.41, 5.74) is 0.807. The van der Waals surface area contributed by atoms with E-state index in [9.17, 15) is 4.79 Å². The number of aliphatic carboxylic acids is 1. The predicted octanol–water partition coefficient (Wildman–Crippen LogP) is 3.41. The van der Waals surface area contributed by atoms with E-state index in [1.54, 1.807) is 18.2 Å². The van der Waals surface area contributed by atoms with Crippen molar-refractivity contribution in [3.8, 4) is 6.07 Å². The smallest absolute Gasteiger partial charge is 0.305 e. The molecule has 1 aromatic rings. The van der Waals surface area contributed by atoms with Gasteiger partial charge in [-0.25, -0.2) is 0 Å². The molecule has 19 heavy (non-hydrogen) atoms. The molecule has 100 valence electrons. The lowest BCUT2D eigenvalue weighted by atomic mass is 9.92. The first-order valence-corrected chi connectivity index (χ1v) is 6.62. The molecule has 4 nitrogen and oxygen atoms in total. The van der Waals surface area contributed by atoms with Gasteiger partial charge in [-0.05, 0) is 31.0 Å². The van der Waals surface area contributed by atoms with Crippen LogP contribution in [0.3, 0.4) is 0 Å². The van der Waals surface area contributed by atoms with Crippen molar-refractivity contribution in [1.29, 1.82) is 5.26 Å². The Bertz CT molecular complexity index is 531. The van der Waals surface area contributed by atoms with Crippen molar-refractivity contribution in [3.05, 3.63) is 28.8 Å². The zero-order valence-electron chi connectivity index (χ0n) is 10.4. The highest BCUT2D eigenvalue weighted by Gasteiger charge is 2.35. The lowest BCUT2D eigenvalue weighted by Crippen LogP contribution is -2.37. The van der Waals surface area contributed by atoms with Crippen LogP contribution in [-0.2, 0) is 4.79 Å². The van der Waals surface area contributed by atoms with Crippen molar-refractivity contribution in [2.24, 2.45) is 0 Å². The van der Waals surface area contributed by atoms with Crippen LogP contribution in [0.2, 0.25) is 5.02 Å². The summed E-state index contributed by atoms with van der Waals surface area (Å²) >= 11 is 5.99. The van der Waals surface area contributed by atoms with E-state index in [-0.39, 0.29) is 12.0 Å². The highest BCUT2D eigenvalue weighted by molar-refractivity contribution is 6.32. The maximum Gasteiger partial charge on any atom is 0.305 e. The van der Waals surface area contributed by atoms with Gasteiger partial charge in [0.2, 0.25) is 0 Å². The number of hydrogen-bond acceptors (Lipinski definition) is 3. The highest BCUT2D eigenvalue weighted by atomic mass is 35.5. The molecule has 0 unspecified atom stereocenters. The Morgan fingerprint density at radius 3 is 2.68 bits per heavy atom. The molecule has 1 saturated carbocycles. The summed E-state index contributed by atoms with van der Waals surface area (Å²) in [7, 11) is 0. The summed E-state index contributed by atoms with van der Waals surface area (Å²) in [5.74, 6) is -0.797. The topological polar surface area (TPSA) is 73.1 Å². The van der Waals surface area contributed by atoms with Gasteiger partial charge in [-0.2, -0.15) is 5.26 Å². The number of nitrogens with one attached hydrogen (secondary N) is 1. The van der Waals surface area contributed by atoms with Crippen LogP contribution < -0.4 is 5.32 Å². The maximum atomic E-state index is 11.0. The molecule has 1 fully saturated rings. The van der Waals surface area contributed by atoms with E-state index in [2.05, 4.69) is 5.32 Å². The minimum absolute atomic E-state index is 0.102. The Morgan fingerprint density at radius 2 is 2.16 bits per heavy atom. The number of carbonyl (C=O) groups is 1.